The van der Waals surface area contributed by atoms with Crippen molar-refractivity contribution in [3.63, 3.8) is 0 Å². The average Bonchev–Trinajstić information content (AvgIpc) is 2.03. The molecule has 110 valence electrons. The minimum atomic E-state index is -4.67. The Bertz CT molecular complexity index is 265. The number of halogens is 5. The standard InChI is InChI=1S/Ca.5ClH.2K.2Mg.2H2O4S.3H/c;;;;;;;;;;2*1-5(2,3)4;;;/h;5*1H;;;;;2*(H2,1,2,3,4);;;/q+2;;;;;;;+1;;+2;;;;;/p-5. The molecule has 4 N–H and O–H groups in total. The molecule has 0 aromatic carbocycles. The first kappa shape index (κ1) is 45.8. The second kappa shape index (κ2) is 37.1. The molecule has 8 nitrogen and oxygen atoms in total. The predicted molar refractivity (Wildman–Crippen MR) is 90.6 cm³/mol. The van der Waals surface area contributed by atoms with Gasteiger partial charge >= 0.3 is 208 Å². The predicted octanol–water partition coefficient (Wildman–Crippen LogP) is -0.565. The van der Waals surface area contributed by atoms with Crippen molar-refractivity contribution < 1.29 is 35.0 Å². The summed E-state index contributed by atoms with van der Waals surface area (Å²) < 4.78 is 68.0. The second-order valence-electron chi connectivity index (χ2n) is 1.10. The van der Waals surface area contributed by atoms with Crippen molar-refractivity contribution in [1.29, 1.82) is 0 Å². The third-order valence-corrected chi connectivity index (χ3v) is 0. The van der Waals surface area contributed by atoms with E-state index in [9.17, 15) is 0 Å². The van der Waals surface area contributed by atoms with E-state index in [1.165, 1.54) is 0 Å². The molecule has 0 saturated carbocycles. The van der Waals surface area contributed by atoms with Crippen molar-refractivity contribution in [2.75, 3.05) is 0 Å². The molecule has 0 radical (unpaired) electrons. The average molecular weight is 543 g/mol. The zero-order valence-corrected chi connectivity index (χ0v) is 20.7. The maximum absolute atomic E-state index is 8.74. The molecular formula is H7CaCl5K2Mg2O8S2. The van der Waals surface area contributed by atoms with E-state index in [1.54, 1.807) is 0 Å². The third kappa shape index (κ3) is 282. The van der Waals surface area contributed by atoms with E-state index in [0.717, 1.165) is 0 Å². The largest absolute Gasteiger partial charge is 0.316 e. The van der Waals surface area contributed by atoms with Crippen LogP contribution in [0.4, 0.5) is 0 Å². The monoisotopic (exact) mass is 540 g/mol. The van der Waals surface area contributed by atoms with Crippen molar-refractivity contribution in [3.8, 4) is 0 Å². The molecule has 0 amide bonds. The summed E-state index contributed by atoms with van der Waals surface area (Å²) in [6.07, 6.45) is 9.90. The van der Waals surface area contributed by atoms with Crippen LogP contribution in [-0.4, -0.2) is 206 Å². The summed E-state index contributed by atoms with van der Waals surface area (Å²) in [6, 6.07) is 0. The molecule has 0 fully saturated rings. The molecule has 0 aliphatic heterocycles. The van der Waals surface area contributed by atoms with Gasteiger partial charge in [0.25, 0.3) is 0 Å². The van der Waals surface area contributed by atoms with E-state index in [4.69, 9.17) is 69.7 Å². The van der Waals surface area contributed by atoms with Crippen molar-refractivity contribution in [1.82, 2.24) is 0 Å². The summed E-state index contributed by atoms with van der Waals surface area (Å²) in [5, 5.41) is 0. The van der Waals surface area contributed by atoms with E-state index >= 15 is 0 Å². The van der Waals surface area contributed by atoms with E-state index in [1.807, 2.05) is 0 Å². The van der Waals surface area contributed by atoms with Gasteiger partial charge in [-0.3, -0.25) is 18.2 Å². The van der Waals surface area contributed by atoms with Gasteiger partial charge in [0, 0.05) is 0 Å². The van der Waals surface area contributed by atoms with Gasteiger partial charge < -0.3 is 18.1 Å². The molecule has 0 aromatic heterocycles. The topological polar surface area (TPSA) is 149 Å². The van der Waals surface area contributed by atoms with Gasteiger partial charge in [0.1, 0.15) is 0 Å². The SMILES string of the molecule is O=S(=O)(O)O.O=S(=O)(O)O.[Cl][Ca][Cl].[Cl][K].[Cl][Mg][Cl].[KH].[MgH2]. The molecular weight excluding hydrogens is 536 g/mol. The van der Waals surface area contributed by atoms with Crippen molar-refractivity contribution >= 4 is 226 Å². The first-order chi connectivity index (χ1) is 7.83. The second-order valence-corrected chi connectivity index (χ2v) is 9.16. The van der Waals surface area contributed by atoms with Gasteiger partial charge in [-0.05, 0) is 0 Å². The Balaban J connectivity index is -0.0000000214. The molecule has 0 aliphatic carbocycles. The Morgan fingerprint density at radius 1 is 0.850 bits per heavy atom. The number of hydrogen-bond donors (Lipinski definition) is 4. The van der Waals surface area contributed by atoms with Crippen molar-refractivity contribution in [2.24, 2.45) is 0 Å². The number of rotatable bonds is 0. The first-order valence-corrected chi connectivity index (χ1v) is 20.3. The third-order valence-electron chi connectivity index (χ3n) is 0. The summed E-state index contributed by atoms with van der Waals surface area (Å²) in [4.78, 5) is 0. The quantitative estimate of drug-likeness (QED) is 0.235. The van der Waals surface area contributed by atoms with Crippen LogP contribution >= 0.6 is 34.7 Å². The molecule has 0 rings (SSSR count). The van der Waals surface area contributed by atoms with Crippen LogP contribution in [0.5, 0.6) is 0 Å². The molecule has 0 heterocycles. The van der Waals surface area contributed by atoms with Gasteiger partial charge in [-0.2, -0.15) is 16.8 Å². The van der Waals surface area contributed by atoms with Gasteiger partial charge in [-0.15, -0.1) is 0 Å². The van der Waals surface area contributed by atoms with Crippen LogP contribution in [0.25, 0.3) is 0 Å². The summed E-state index contributed by atoms with van der Waals surface area (Å²) >= 11 is -1.03. The van der Waals surface area contributed by atoms with Crippen LogP contribution < -0.4 is 0 Å². The summed E-state index contributed by atoms with van der Waals surface area (Å²) in [5.41, 5.74) is 0. The molecule has 0 spiro atoms. The van der Waals surface area contributed by atoms with E-state index in [2.05, 4.69) is 0 Å². The minimum absolute atomic E-state index is 0. The fourth-order valence-corrected chi connectivity index (χ4v) is 0. The van der Waals surface area contributed by atoms with E-state index in [0.29, 0.717) is 47.1 Å². The van der Waals surface area contributed by atoms with Gasteiger partial charge in [0.15, 0.2) is 0 Å². The zero-order valence-electron chi connectivity index (χ0n) is 8.54. The smallest absolute Gasteiger partial charge is 0.316 e. The van der Waals surface area contributed by atoms with Gasteiger partial charge in [0.2, 0.25) is 0 Å². The fraction of sp³-hybridized carbons (Fsp3) is 0. The van der Waals surface area contributed by atoms with Crippen LogP contribution in [0.3, 0.4) is 0 Å². The first-order valence-electron chi connectivity index (χ1n) is 2.84. The maximum Gasteiger partial charge on any atom is 0.316 e. The zero-order chi connectivity index (χ0) is 16.4. The summed E-state index contributed by atoms with van der Waals surface area (Å²) in [7, 11) is 0.472. The molecule has 0 unspecified atom stereocenters. The van der Waals surface area contributed by atoms with E-state index in [-0.39, 0.29) is 74.4 Å². The molecule has 0 atom stereocenters. The molecule has 20 heteroatoms. The summed E-state index contributed by atoms with van der Waals surface area (Å²) in [6.45, 7) is 0. The Kier molecular flexibility index (Phi) is 84.9. The minimum Gasteiger partial charge on any atom is 0.316 e. The number of hydrogen-bond acceptors (Lipinski definition) is 4. The van der Waals surface area contributed by atoms with Crippen LogP contribution in [-0.2, 0) is 20.8 Å². The van der Waals surface area contributed by atoms with Crippen LogP contribution in [0.1, 0.15) is 0 Å². The fourth-order valence-electron chi connectivity index (χ4n) is 0. The Morgan fingerprint density at radius 3 is 0.850 bits per heavy atom. The normalized spacial score (nSPS) is 7.15. The van der Waals surface area contributed by atoms with Gasteiger partial charge in [-0.25, -0.2) is 0 Å². The van der Waals surface area contributed by atoms with Gasteiger partial charge in [0.05, 0.1) is 0 Å². The van der Waals surface area contributed by atoms with Crippen LogP contribution in [0.2, 0.25) is 0 Å². The Morgan fingerprint density at radius 2 is 0.850 bits per heavy atom. The van der Waals surface area contributed by atoms with Crippen LogP contribution in [0, 0.1) is 0 Å². The Labute approximate surface area is 253 Å². The molecule has 20 heavy (non-hydrogen) atoms. The summed E-state index contributed by atoms with van der Waals surface area (Å²) in [5.74, 6) is 0. The molecule has 0 aromatic rings. The van der Waals surface area contributed by atoms with E-state index < -0.39 is 69.8 Å². The Hall–Kier alpha value is 7.25. The molecule has 0 aliphatic rings. The van der Waals surface area contributed by atoms with Gasteiger partial charge in [-0.1, -0.05) is 0 Å². The maximum atomic E-state index is 8.74. The molecule has 0 bridgehead atoms. The van der Waals surface area contributed by atoms with Crippen molar-refractivity contribution in [3.05, 3.63) is 0 Å². The van der Waals surface area contributed by atoms with Crippen LogP contribution in [0.15, 0.2) is 0 Å². The molecule has 0 saturated heterocycles. The van der Waals surface area contributed by atoms with Crippen molar-refractivity contribution in [2.45, 2.75) is 0 Å².